The quantitative estimate of drug-likeness (QED) is 0.584. The third-order valence-electron chi connectivity index (χ3n) is 2.90. The van der Waals surface area contributed by atoms with Crippen molar-refractivity contribution in [1.82, 2.24) is 20.5 Å². The van der Waals surface area contributed by atoms with Gasteiger partial charge in [0, 0.05) is 34.7 Å². The number of carbonyl (C=O) groups is 1. The molecule has 2 N–H and O–H groups in total. The van der Waals surface area contributed by atoms with E-state index in [1.165, 1.54) is 0 Å². The largest absolute Gasteiger partial charge is 0.363 e. The molecule has 22 heavy (non-hydrogen) atoms. The molecule has 0 unspecified atom stereocenters. The smallest absolute Gasteiger partial charge is 0.241 e. The Morgan fingerprint density at radius 2 is 1.95 bits per heavy atom. The van der Waals surface area contributed by atoms with E-state index in [2.05, 4.69) is 20.6 Å². The number of aromatic nitrogens is 1. The molecule has 0 atom stereocenters. The third kappa shape index (κ3) is 5.99. The number of pyridine rings is 1. The molecule has 0 aliphatic rings. The van der Waals surface area contributed by atoms with Crippen molar-refractivity contribution >= 4 is 17.7 Å². The molecule has 0 saturated carbocycles. The van der Waals surface area contributed by atoms with E-state index in [4.69, 9.17) is 0 Å². The molecule has 7 heteroatoms. The zero-order valence-electron chi connectivity index (χ0n) is 14.1. The Kier molecular flexibility index (Phi) is 7.15. The van der Waals surface area contributed by atoms with Crippen LogP contribution in [0.1, 0.15) is 12.6 Å². The van der Waals surface area contributed by atoms with Crippen LogP contribution in [0.15, 0.2) is 23.2 Å². The Balaban J connectivity index is 2.69. The maximum Gasteiger partial charge on any atom is 0.241 e. The predicted molar refractivity (Wildman–Crippen MR) is 90.1 cm³/mol. The summed E-state index contributed by atoms with van der Waals surface area (Å²) < 4.78 is 0. The van der Waals surface area contributed by atoms with Crippen LogP contribution in [0.2, 0.25) is 0 Å². The molecular weight excluding hydrogens is 280 g/mol. The zero-order valence-corrected chi connectivity index (χ0v) is 14.1. The third-order valence-corrected chi connectivity index (χ3v) is 2.90. The minimum Gasteiger partial charge on any atom is -0.363 e. The Morgan fingerprint density at radius 3 is 2.55 bits per heavy atom. The van der Waals surface area contributed by atoms with Crippen LogP contribution in [0.25, 0.3) is 0 Å². The van der Waals surface area contributed by atoms with Crippen molar-refractivity contribution in [3.8, 4) is 0 Å². The van der Waals surface area contributed by atoms with Gasteiger partial charge < -0.3 is 20.4 Å². The second kappa shape index (κ2) is 8.86. The first-order chi connectivity index (χ1) is 10.4. The van der Waals surface area contributed by atoms with Gasteiger partial charge >= 0.3 is 0 Å². The van der Waals surface area contributed by atoms with Gasteiger partial charge in [0.15, 0.2) is 5.96 Å². The van der Waals surface area contributed by atoms with Crippen molar-refractivity contribution < 1.29 is 4.79 Å². The van der Waals surface area contributed by atoms with E-state index in [0.717, 1.165) is 18.1 Å². The van der Waals surface area contributed by atoms with Gasteiger partial charge in [-0.15, -0.1) is 0 Å². The SMILES string of the molecule is CCNC(=NCc1cccc(N(C)C)n1)NCC(=O)N(C)C. The van der Waals surface area contributed by atoms with Gasteiger partial charge in [0.25, 0.3) is 0 Å². The number of rotatable bonds is 6. The molecule has 0 radical (unpaired) electrons. The van der Waals surface area contributed by atoms with Crippen LogP contribution in [0.3, 0.4) is 0 Å². The number of carbonyl (C=O) groups excluding carboxylic acids is 1. The highest BCUT2D eigenvalue weighted by molar-refractivity contribution is 5.86. The van der Waals surface area contributed by atoms with Crippen molar-refractivity contribution in [3.05, 3.63) is 23.9 Å². The Hall–Kier alpha value is -2.31. The summed E-state index contributed by atoms with van der Waals surface area (Å²) in [5, 5.41) is 6.13. The first-order valence-electron chi connectivity index (χ1n) is 7.29. The van der Waals surface area contributed by atoms with Gasteiger partial charge in [-0.2, -0.15) is 0 Å². The van der Waals surface area contributed by atoms with Gasteiger partial charge in [0.05, 0.1) is 18.8 Å². The molecule has 1 aromatic heterocycles. The number of amides is 1. The molecule has 0 fully saturated rings. The normalized spacial score (nSPS) is 11.0. The second-order valence-electron chi connectivity index (χ2n) is 5.22. The van der Waals surface area contributed by atoms with Crippen LogP contribution in [0.5, 0.6) is 0 Å². The number of likely N-dealkylation sites (N-methyl/N-ethyl adjacent to an activating group) is 1. The number of guanidine groups is 1. The van der Waals surface area contributed by atoms with E-state index in [1.54, 1.807) is 19.0 Å². The molecule has 122 valence electrons. The fraction of sp³-hybridized carbons (Fsp3) is 0.533. The summed E-state index contributed by atoms with van der Waals surface area (Å²) in [6, 6.07) is 5.85. The van der Waals surface area contributed by atoms with Crippen LogP contribution in [0.4, 0.5) is 5.82 Å². The van der Waals surface area contributed by atoms with Crippen LogP contribution < -0.4 is 15.5 Å². The van der Waals surface area contributed by atoms with Gasteiger partial charge in [-0.05, 0) is 19.1 Å². The average molecular weight is 306 g/mol. The molecule has 1 heterocycles. The lowest BCUT2D eigenvalue weighted by molar-refractivity contribution is -0.127. The molecule has 0 aromatic carbocycles. The van der Waals surface area contributed by atoms with Gasteiger partial charge in [0.1, 0.15) is 5.82 Å². The summed E-state index contributed by atoms with van der Waals surface area (Å²) in [4.78, 5) is 24.1. The number of nitrogens with one attached hydrogen (secondary N) is 2. The van der Waals surface area contributed by atoms with Gasteiger partial charge in [0.2, 0.25) is 5.91 Å². The van der Waals surface area contributed by atoms with Gasteiger partial charge in [-0.25, -0.2) is 9.98 Å². The molecular formula is C15H26N6O. The van der Waals surface area contributed by atoms with E-state index in [0.29, 0.717) is 12.5 Å². The van der Waals surface area contributed by atoms with Crippen LogP contribution in [-0.2, 0) is 11.3 Å². The van der Waals surface area contributed by atoms with Gasteiger partial charge in [-0.3, -0.25) is 4.79 Å². The summed E-state index contributed by atoms with van der Waals surface area (Å²) in [6.45, 7) is 3.38. The van der Waals surface area contributed by atoms with E-state index in [-0.39, 0.29) is 12.5 Å². The zero-order chi connectivity index (χ0) is 16.5. The highest BCUT2D eigenvalue weighted by atomic mass is 16.2. The highest BCUT2D eigenvalue weighted by Crippen LogP contribution is 2.08. The van der Waals surface area contributed by atoms with Crippen LogP contribution >= 0.6 is 0 Å². The molecule has 7 nitrogen and oxygen atoms in total. The van der Waals surface area contributed by atoms with Crippen molar-refractivity contribution in [3.63, 3.8) is 0 Å². The minimum atomic E-state index is -0.00154. The van der Waals surface area contributed by atoms with E-state index in [9.17, 15) is 4.79 Å². The Labute approximate surface area is 132 Å². The summed E-state index contributed by atoms with van der Waals surface area (Å²) in [6.07, 6.45) is 0. The van der Waals surface area contributed by atoms with Crippen molar-refractivity contribution in [2.45, 2.75) is 13.5 Å². The molecule has 0 aliphatic heterocycles. The Bertz CT molecular complexity index is 513. The van der Waals surface area contributed by atoms with E-state index in [1.807, 2.05) is 44.1 Å². The minimum absolute atomic E-state index is 0.00154. The standard InChI is InChI=1S/C15H26N6O/c1-6-16-15(18-11-14(22)21(4)5)17-10-12-8-7-9-13(19-12)20(2)3/h7-9H,6,10-11H2,1-5H3,(H2,16,17,18). The molecule has 0 saturated heterocycles. The molecule has 0 spiro atoms. The lowest BCUT2D eigenvalue weighted by Crippen LogP contribution is -2.42. The second-order valence-corrected chi connectivity index (χ2v) is 5.22. The number of nitrogens with zero attached hydrogens (tertiary/aromatic N) is 4. The summed E-state index contributed by atoms with van der Waals surface area (Å²) in [5.74, 6) is 1.50. The van der Waals surface area contributed by atoms with E-state index < -0.39 is 0 Å². The molecule has 0 bridgehead atoms. The average Bonchev–Trinajstić information content (AvgIpc) is 2.49. The first kappa shape index (κ1) is 17.7. The maximum absolute atomic E-state index is 11.6. The number of anilines is 1. The summed E-state index contributed by atoms with van der Waals surface area (Å²) in [7, 11) is 7.36. The first-order valence-corrected chi connectivity index (χ1v) is 7.29. The number of hydrogen-bond donors (Lipinski definition) is 2. The Morgan fingerprint density at radius 1 is 1.23 bits per heavy atom. The lowest BCUT2D eigenvalue weighted by Gasteiger charge is -2.14. The maximum atomic E-state index is 11.6. The number of aliphatic imine (C=N–C) groups is 1. The molecule has 0 aliphatic carbocycles. The molecule has 1 aromatic rings. The highest BCUT2D eigenvalue weighted by Gasteiger charge is 2.05. The fourth-order valence-electron chi connectivity index (χ4n) is 1.62. The molecule has 1 amide bonds. The fourth-order valence-corrected chi connectivity index (χ4v) is 1.62. The van der Waals surface area contributed by atoms with Crippen molar-refractivity contribution in [2.24, 2.45) is 4.99 Å². The van der Waals surface area contributed by atoms with Crippen LogP contribution in [-0.4, -0.2) is 63.0 Å². The predicted octanol–water partition coefficient (Wildman–Crippen LogP) is 0.291. The van der Waals surface area contributed by atoms with Crippen LogP contribution in [0, 0.1) is 0 Å². The van der Waals surface area contributed by atoms with Crippen molar-refractivity contribution in [1.29, 1.82) is 0 Å². The summed E-state index contributed by atoms with van der Waals surface area (Å²) in [5.41, 5.74) is 0.877. The lowest BCUT2D eigenvalue weighted by atomic mass is 10.3. The topological polar surface area (TPSA) is 72.9 Å². The molecule has 1 rings (SSSR count). The monoisotopic (exact) mass is 306 g/mol. The summed E-state index contributed by atoms with van der Waals surface area (Å²) >= 11 is 0. The van der Waals surface area contributed by atoms with Crippen molar-refractivity contribution in [2.75, 3.05) is 46.2 Å². The van der Waals surface area contributed by atoms with Gasteiger partial charge in [-0.1, -0.05) is 6.07 Å². The number of hydrogen-bond acceptors (Lipinski definition) is 4. The van der Waals surface area contributed by atoms with E-state index >= 15 is 0 Å².